The third-order valence-electron chi connectivity index (χ3n) is 4.00. The normalized spacial score (nSPS) is 18.7. The van der Waals surface area contributed by atoms with Crippen LogP contribution in [0.5, 0.6) is 0 Å². The summed E-state index contributed by atoms with van der Waals surface area (Å²) in [6, 6.07) is 7.80. The van der Waals surface area contributed by atoms with E-state index in [9.17, 15) is 5.11 Å². The molecule has 1 saturated carbocycles. The van der Waals surface area contributed by atoms with Crippen LogP contribution >= 0.6 is 11.6 Å². The number of halogens is 1. The minimum atomic E-state index is 0.115. The van der Waals surface area contributed by atoms with Crippen molar-refractivity contribution in [1.29, 1.82) is 0 Å². The van der Waals surface area contributed by atoms with E-state index in [0.717, 1.165) is 41.1 Å². The van der Waals surface area contributed by atoms with Crippen molar-refractivity contribution in [3.05, 3.63) is 35.0 Å². The molecular weight excluding hydrogens is 262 g/mol. The molecule has 1 aromatic heterocycles. The predicted octanol–water partition coefficient (Wildman–Crippen LogP) is 3.51. The smallest absolute Gasteiger partial charge is 0.134 e. The maximum atomic E-state index is 9.31. The van der Waals surface area contributed by atoms with Crippen LogP contribution < -0.4 is 5.32 Å². The van der Waals surface area contributed by atoms with Crippen molar-refractivity contribution >= 4 is 22.6 Å². The Morgan fingerprint density at radius 1 is 1.42 bits per heavy atom. The van der Waals surface area contributed by atoms with E-state index in [0.29, 0.717) is 0 Å². The fourth-order valence-electron chi connectivity index (χ4n) is 2.29. The molecule has 4 heteroatoms. The first-order valence-corrected chi connectivity index (χ1v) is 7.03. The zero-order valence-corrected chi connectivity index (χ0v) is 11.7. The number of fused-ring (bicyclic) bond motifs is 1. The second-order valence-corrected chi connectivity index (χ2v) is 6.03. The van der Waals surface area contributed by atoms with Gasteiger partial charge in [-0.05, 0) is 44.0 Å². The lowest BCUT2D eigenvalue weighted by Crippen LogP contribution is -2.28. The molecule has 1 unspecified atom stereocenters. The van der Waals surface area contributed by atoms with Crippen LogP contribution in [-0.4, -0.2) is 18.3 Å². The van der Waals surface area contributed by atoms with Crippen molar-refractivity contribution in [3.63, 3.8) is 0 Å². The number of aliphatic hydroxyl groups excluding tert-OH is 1. The Morgan fingerprint density at radius 3 is 2.89 bits per heavy atom. The van der Waals surface area contributed by atoms with Crippen molar-refractivity contribution < 1.29 is 9.52 Å². The molecule has 0 aliphatic heterocycles. The van der Waals surface area contributed by atoms with Gasteiger partial charge in [-0.25, -0.2) is 0 Å². The number of furan rings is 1. The number of hydrogen-bond donors (Lipinski definition) is 2. The highest BCUT2D eigenvalue weighted by Crippen LogP contribution is 2.44. The molecule has 102 valence electrons. The van der Waals surface area contributed by atoms with Gasteiger partial charge in [-0.15, -0.1) is 0 Å². The molecule has 1 atom stereocenters. The summed E-state index contributed by atoms with van der Waals surface area (Å²) in [6.45, 7) is 3.18. The van der Waals surface area contributed by atoms with Crippen molar-refractivity contribution in [3.8, 4) is 0 Å². The summed E-state index contributed by atoms with van der Waals surface area (Å²) in [5.41, 5.74) is 0.972. The zero-order valence-electron chi connectivity index (χ0n) is 10.9. The van der Waals surface area contributed by atoms with Crippen LogP contribution in [0.4, 0.5) is 0 Å². The fraction of sp³-hybridized carbons (Fsp3) is 0.467. The molecule has 19 heavy (non-hydrogen) atoms. The Morgan fingerprint density at radius 2 is 2.21 bits per heavy atom. The summed E-state index contributed by atoms with van der Waals surface area (Å²) in [7, 11) is 0. The fourth-order valence-corrected chi connectivity index (χ4v) is 2.47. The highest BCUT2D eigenvalue weighted by atomic mass is 35.5. The molecule has 2 aromatic rings. The lowest BCUT2D eigenvalue weighted by molar-refractivity contribution is 0.203. The second-order valence-electron chi connectivity index (χ2n) is 5.59. The number of hydrogen-bond acceptors (Lipinski definition) is 3. The molecule has 2 N–H and O–H groups in total. The zero-order chi connectivity index (χ0) is 13.5. The van der Waals surface area contributed by atoms with Crippen LogP contribution in [-0.2, 0) is 0 Å². The largest absolute Gasteiger partial charge is 0.459 e. The summed E-state index contributed by atoms with van der Waals surface area (Å²) in [5, 5.41) is 14.5. The average molecular weight is 280 g/mol. The van der Waals surface area contributed by atoms with Crippen LogP contribution in [0.15, 0.2) is 28.7 Å². The van der Waals surface area contributed by atoms with Crippen LogP contribution in [0, 0.1) is 5.41 Å². The third kappa shape index (κ3) is 2.64. The SMILES string of the molecule is CC(NCC1(CO)CC1)c1cc2cc(Cl)ccc2o1. The Labute approximate surface area is 117 Å². The van der Waals surface area contributed by atoms with E-state index in [1.807, 2.05) is 24.3 Å². The second kappa shape index (κ2) is 4.82. The van der Waals surface area contributed by atoms with Gasteiger partial charge in [-0.1, -0.05) is 11.6 Å². The number of benzene rings is 1. The molecule has 1 aliphatic rings. The minimum absolute atomic E-state index is 0.115. The predicted molar refractivity (Wildman–Crippen MR) is 76.4 cm³/mol. The summed E-state index contributed by atoms with van der Waals surface area (Å²) >= 11 is 5.97. The highest BCUT2D eigenvalue weighted by molar-refractivity contribution is 6.31. The summed E-state index contributed by atoms with van der Waals surface area (Å²) in [6.07, 6.45) is 2.22. The summed E-state index contributed by atoms with van der Waals surface area (Å²) in [5.74, 6) is 0.908. The molecular formula is C15H18ClNO2. The van der Waals surface area contributed by atoms with Gasteiger partial charge in [0.2, 0.25) is 0 Å². The molecule has 0 amide bonds. The number of aliphatic hydroxyl groups is 1. The maximum absolute atomic E-state index is 9.31. The molecule has 0 spiro atoms. The molecule has 0 radical (unpaired) electrons. The Hall–Kier alpha value is -1.03. The molecule has 1 aromatic carbocycles. The van der Waals surface area contributed by atoms with E-state index < -0.39 is 0 Å². The lowest BCUT2D eigenvalue weighted by Gasteiger charge is -2.16. The topological polar surface area (TPSA) is 45.4 Å². The Bertz CT molecular complexity index is 589. The monoisotopic (exact) mass is 279 g/mol. The van der Waals surface area contributed by atoms with E-state index in [-0.39, 0.29) is 18.1 Å². The van der Waals surface area contributed by atoms with Crippen LogP contribution in [0.2, 0.25) is 5.02 Å². The molecule has 0 saturated heterocycles. The van der Waals surface area contributed by atoms with E-state index in [1.54, 1.807) is 0 Å². The summed E-state index contributed by atoms with van der Waals surface area (Å²) in [4.78, 5) is 0. The third-order valence-corrected chi connectivity index (χ3v) is 4.24. The first-order chi connectivity index (χ1) is 9.12. The quantitative estimate of drug-likeness (QED) is 0.880. The number of rotatable bonds is 5. The molecule has 1 heterocycles. The van der Waals surface area contributed by atoms with Gasteiger partial charge in [0, 0.05) is 29.0 Å². The van der Waals surface area contributed by atoms with Gasteiger partial charge in [-0.2, -0.15) is 0 Å². The van der Waals surface area contributed by atoms with Gasteiger partial charge in [-0.3, -0.25) is 0 Å². The minimum Gasteiger partial charge on any atom is -0.459 e. The van der Waals surface area contributed by atoms with Crippen molar-refractivity contribution in [2.75, 3.05) is 13.2 Å². The Balaban J connectivity index is 1.72. The van der Waals surface area contributed by atoms with Crippen molar-refractivity contribution in [2.45, 2.75) is 25.8 Å². The van der Waals surface area contributed by atoms with E-state index in [1.165, 1.54) is 0 Å². The van der Waals surface area contributed by atoms with Crippen LogP contribution in [0.25, 0.3) is 11.0 Å². The van der Waals surface area contributed by atoms with Crippen molar-refractivity contribution in [2.24, 2.45) is 5.41 Å². The van der Waals surface area contributed by atoms with E-state index in [4.69, 9.17) is 16.0 Å². The van der Waals surface area contributed by atoms with Gasteiger partial charge in [0.05, 0.1) is 6.04 Å². The maximum Gasteiger partial charge on any atom is 0.134 e. The van der Waals surface area contributed by atoms with E-state index in [2.05, 4.69) is 12.2 Å². The van der Waals surface area contributed by atoms with Crippen molar-refractivity contribution in [1.82, 2.24) is 5.32 Å². The first-order valence-electron chi connectivity index (χ1n) is 6.65. The Kier molecular flexibility index (Phi) is 3.29. The molecule has 3 nitrogen and oxygen atoms in total. The highest BCUT2D eigenvalue weighted by Gasteiger charge is 2.41. The first kappa shape index (κ1) is 13.0. The van der Waals surface area contributed by atoms with Gasteiger partial charge in [0.15, 0.2) is 0 Å². The lowest BCUT2D eigenvalue weighted by atomic mass is 10.1. The molecule has 0 bridgehead atoms. The molecule has 3 rings (SSSR count). The average Bonchev–Trinajstić information content (AvgIpc) is 3.07. The van der Waals surface area contributed by atoms with Gasteiger partial charge < -0.3 is 14.8 Å². The molecule has 1 fully saturated rings. The molecule has 1 aliphatic carbocycles. The summed E-state index contributed by atoms with van der Waals surface area (Å²) < 4.78 is 5.82. The van der Waals surface area contributed by atoms with Gasteiger partial charge in [0.1, 0.15) is 11.3 Å². The van der Waals surface area contributed by atoms with Crippen LogP contribution in [0.3, 0.4) is 0 Å². The van der Waals surface area contributed by atoms with E-state index >= 15 is 0 Å². The number of nitrogens with one attached hydrogen (secondary N) is 1. The van der Waals surface area contributed by atoms with Gasteiger partial charge in [0.25, 0.3) is 0 Å². The van der Waals surface area contributed by atoms with Gasteiger partial charge >= 0.3 is 0 Å². The standard InChI is InChI=1S/C15H18ClNO2/c1-10(17-8-15(9-18)4-5-15)14-7-11-6-12(16)2-3-13(11)19-14/h2-3,6-7,10,17-18H,4-5,8-9H2,1H3. The van der Waals surface area contributed by atoms with Crippen LogP contribution in [0.1, 0.15) is 31.6 Å².